The van der Waals surface area contributed by atoms with Gasteiger partial charge in [-0.1, -0.05) is 6.07 Å². The molecule has 0 fully saturated rings. The van der Waals surface area contributed by atoms with Crippen LogP contribution >= 0.6 is 22.7 Å². The van der Waals surface area contributed by atoms with E-state index in [9.17, 15) is 13.5 Å². The molecule has 1 atom stereocenters. The minimum absolute atomic E-state index is 0.0941. The number of rotatable bonds is 7. The van der Waals surface area contributed by atoms with E-state index >= 15 is 0 Å². The zero-order valence-electron chi connectivity index (χ0n) is 13.4. The summed E-state index contributed by atoms with van der Waals surface area (Å²) < 4.78 is 32.2. The maximum Gasteiger partial charge on any atom is 0.240 e. The lowest BCUT2D eigenvalue weighted by Crippen LogP contribution is -2.28. The first-order valence-electron chi connectivity index (χ1n) is 7.44. The summed E-state index contributed by atoms with van der Waals surface area (Å²) in [7, 11) is -2.24. The van der Waals surface area contributed by atoms with Gasteiger partial charge in [-0.25, -0.2) is 13.1 Å². The Kier molecular flexibility index (Phi) is 5.55. The zero-order chi connectivity index (χ0) is 17.9. The van der Waals surface area contributed by atoms with E-state index in [1.165, 1.54) is 30.6 Å². The fraction of sp³-hybridized carbons (Fsp3) is 0.176. The van der Waals surface area contributed by atoms with Gasteiger partial charge >= 0.3 is 0 Å². The second-order valence-electron chi connectivity index (χ2n) is 5.26. The molecule has 0 amide bonds. The molecule has 3 rings (SSSR count). The summed E-state index contributed by atoms with van der Waals surface area (Å²) in [6, 6.07) is 12.0. The van der Waals surface area contributed by atoms with Crippen LogP contribution in [0, 0.1) is 0 Å². The van der Waals surface area contributed by atoms with Crippen LogP contribution in [-0.4, -0.2) is 27.2 Å². The van der Waals surface area contributed by atoms with Crippen molar-refractivity contribution in [2.45, 2.75) is 11.0 Å². The topological polar surface area (TPSA) is 75.6 Å². The zero-order valence-corrected chi connectivity index (χ0v) is 15.8. The van der Waals surface area contributed by atoms with Crippen molar-refractivity contribution >= 4 is 32.7 Å². The van der Waals surface area contributed by atoms with E-state index in [0.717, 1.165) is 15.3 Å². The van der Waals surface area contributed by atoms with Crippen LogP contribution in [0.5, 0.6) is 5.75 Å². The number of thiophene rings is 2. The van der Waals surface area contributed by atoms with Crippen molar-refractivity contribution in [3.8, 4) is 16.2 Å². The van der Waals surface area contributed by atoms with E-state index in [2.05, 4.69) is 4.72 Å². The van der Waals surface area contributed by atoms with E-state index in [-0.39, 0.29) is 11.4 Å². The molecule has 2 aromatic heterocycles. The van der Waals surface area contributed by atoms with Crippen LogP contribution < -0.4 is 9.46 Å². The van der Waals surface area contributed by atoms with Crippen molar-refractivity contribution in [3.63, 3.8) is 0 Å². The predicted octanol–water partition coefficient (Wildman–Crippen LogP) is 3.50. The maximum atomic E-state index is 12.4. The van der Waals surface area contributed by atoms with Gasteiger partial charge in [-0.3, -0.25) is 0 Å². The number of methoxy groups -OCH3 is 1. The highest BCUT2D eigenvalue weighted by Gasteiger charge is 2.18. The Morgan fingerprint density at radius 3 is 2.80 bits per heavy atom. The number of nitrogens with one attached hydrogen (secondary N) is 1. The van der Waals surface area contributed by atoms with Gasteiger partial charge in [-0.05, 0) is 41.1 Å². The largest absolute Gasteiger partial charge is 0.497 e. The highest BCUT2D eigenvalue weighted by atomic mass is 32.2. The monoisotopic (exact) mass is 395 g/mol. The third kappa shape index (κ3) is 4.28. The van der Waals surface area contributed by atoms with Crippen LogP contribution in [0.25, 0.3) is 10.4 Å². The molecule has 0 saturated heterocycles. The summed E-state index contributed by atoms with van der Waals surface area (Å²) in [6.07, 6.45) is -0.905. The molecular formula is C17H17NO4S3. The van der Waals surface area contributed by atoms with E-state index in [1.807, 2.05) is 29.0 Å². The minimum Gasteiger partial charge on any atom is -0.497 e. The summed E-state index contributed by atoms with van der Waals surface area (Å²) in [6.45, 7) is -0.0941. The lowest BCUT2D eigenvalue weighted by molar-refractivity contribution is 0.186. The third-order valence-electron chi connectivity index (χ3n) is 3.58. The van der Waals surface area contributed by atoms with Gasteiger partial charge in [-0.15, -0.1) is 11.3 Å². The molecule has 0 aliphatic rings. The number of hydrogen-bond donors (Lipinski definition) is 2. The van der Waals surface area contributed by atoms with E-state index in [1.54, 1.807) is 23.5 Å². The molecule has 2 heterocycles. The van der Waals surface area contributed by atoms with Crippen molar-refractivity contribution in [3.05, 3.63) is 58.1 Å². The Hall–Kier alpha value is -1.71. The first kappa shape index (κ1) is 18.1. The molecule has 25 heavy (non-hydrogen) atoms. The van der Waals surface area contributed by atoms with Crippen molar-refractivity contribution in [1.29, 1.82) is 0 Å². The van der Waals surface area contributed by atoms with Crippen LogP contribution in [0.3, 0.4) is 0 Å². The van der Waals surface area contributed by atoms with Crippen LogP contribution in [0.15, 0.2) is 58.1 Å². The average Bonchev–Trinajstić information content (AvgIpc) is 3.31. The Balaban J connectivity index is 1.68. The highest BCUT2D eigenvalue weighted by Crippen LogP contribution is 2.32. The molecule has 0 aliphatic carbocycles. The fourth-order valence-electron chi connectivity index (χ4n) is 2.23. The third-order valence-corrected chi connectivity index (χ3v) is 6.92. The summed E-state index contributed by atoms with van der Waals surface area (Å²) in [5.74, 6) is 0.460. The summed E-state index contributed by atoms with van der Waals surface area (Å²) in [5.41, 5.74) is 1.10. The molecule has 0 spiro atoms. The standard InChI is InChI=1S/C17H17NO4S3/c1-22-13-3-2-4-14(9-13)25(20,21)18-10-15(19)17-6-5-16(24-17)12-7-8-23-11-12/h2-9,11,15,18-19H,10H2,1H3. The fourth-order valence-corrected chi connectivity index (χ4v) is 5.03. The normalized spacial score (nSPS) is 12.9. The van der Waals surface area contributed by atoms with E-state index < -0.39 is 16.1 Å². The molecule has 0 saturated carbocycles. The number of aliphatic hydroxyl groups is 1. The van der Waals surface area contributed by atoms with Gasteiger partial charge < -0.3 is 9.84 Å². The number of aliphatic hydroxyl groups excluding tert-OH is 1. The van der Waals surface area contributed by atoms with Crippen LogP contribution in [0.2, 0.25) is 0 Å². The van der Waals surface area contributed by atoms with Gasteiger partial charge in [0.15, 0.2) is 0 Å². The summed E-state index contributed by atoms with van der Waals surface area (Å²) >= 11 is 3.06. The molecule has 1 aromatic carbocycles. The van der Waals surface area contributed by atoms with Gasteiger partial charge in [0, 0.05) is 27.9 Å². The second-order valence-corrected chi connectivity index (χ2v) is 8.92. The Bertz CT molecular complexity index is 932. The Morgan fingerprint density at radius 1 is 1.24 bits per heavy atom. The first-order chi connectivity index (χ1) is 12.0. The number of ether oxygens (including phenoxy) is 1. The lowest BCUT2D eigenvalue weighted by atomic mass is 10.2. The molecule has 3 aromatic rings. The van der Waals surface area contributed by atoms with E-state index in [0.29, 0.717) is 5.75 Å². The molecule has 0 radical (unpaired) electrons. The number of hydrogen-bond acceptors (Lipinski definition) is 6. The second kappa shape index (κ2) is 7.67. The summed E-state index contributed by atoms with van der Waals surface area (Å²) in [5, 5.41) is 14.3. The predicted molar refractivity (Wildman–Crippen MR) is 101 cm³/mol. The van der Waals surface area contributed by atoms with Crippen LogP contribution in [0.1, 0.15) is 11.0 Å². The van der Waals surface area contributed by atoms with Gasteiger partial charge in [0.2, 0.25) is 10.0 Å². The van der Waals surface area contributed by atoms with Gasteiger partial charge in [0.25, 0.3) is 0 Å². The quantitative estimate of drug-likeness (QED) is 0.642. The van der Waals surface area contributed by atoms with Crippen LogP contribution in [-0.2, 0) is 10.0 Å². The molecular weight excluding hydrogens is 378 g/mol. The molecule has 8 heteroatoms. The van der Waals surface area contributed by atoms with E-state index in [4.69, 9.17) is 4.74 Å². The molecule has 132 valence electrons. The first-order valence-corrected chi connectivity index (χ1v) is 10.7. The molecule has 5 nitrogen and oxygen atoms in total. The number of sulfonamides is 1. The van der Waals surface area contributed by atoms with Gasteiger partial charge in [0.05, 0.1) is 12.0 Å². The Labute approximate surface area is 154 Å². The van der Waals surface area contributed by atoms with Gasteiger partial charge in [0.1, 0.15) is 11.9 Å². The molecule has 1 unspecified atom stereocenters. The highest BCUT2D eigenvalue weighted by molar-refractivity contribution is 7.89. The van der Waals surface area contributed by atoms with Crippen molar-refractivity contribution in [2.75, 3.05) is 13.7 Å². The van der Waals surface area contributed by atoms with Gasteiger partial charge in [-0.2, -0.15) is 11.3 Å². The minimum atomic E-state index is -3.72. The SMILES string of the molecule is COc1cccc(S(=O)(=O)NCC(O)c2ccc(-c3ccsc3)s2)c1. The van der Waals surface area contributed by atoms with Crippen LogP contribution in [0.4, 0.5) is 0 Å². The maximum absolute atomic E-state index is 12.4. The molecule has 0 bridgehead atoms. The molecule has 2 N–H and O–H groups in total. The lowest BCUT2D eigenvalue weighted by Gasteiger charge is -2.11. The Morgan fingerprint density at radius 2 is 2.08 bits per heavy atom. The average molecular weight is 396 g/mol. The smallest absolute Gasteiger partial charge is 0.240 e. The summed E-state index contributed by atoms with van der Waals surface area (Å²) in [4.78, 5) is 1.87. The van der Waals surface area contributed by atoms with Crippen molar-refractivity contribution in [2.24, 2.45) is 0 Å². The number of benzene rings is 1. The van der Waals surface area contributed by atoms with Crippen molar-refractivity contribution < 1.29 is 18.3 Å². The molecule has 0 aliphatic heterocycles. The van der Waals surface area contributed by atoms with Crippen molar-refractivity contribution in [1.82, 2.24) is 4.72 Å².